The molecule has 0 saturated heterocycles. The molecule has 2 aromatic rings. The first kappa shape index (κ1) is 10.5. The van der Waals surface area contributed by atoms with Crippen LogP contribution in [0.2, 0.25) is 0 Å². The van der Waals surface area contributed by atoms with Crippen molar-refractivity contribution in [1.82, 2.24) is 9.97 Å². The number of aromatic amines is 1. The molecule has 1 aromatic carbocycles. The summed E-state index contributed by atoms with van der Waals surface area (Å²) >= 11 is 0. The number of anilines is 2. The average Bonchev–Trinajstić information content (AvgIpc) is 2.95. The number of hydrogen-bond donors (Lipinski definition) is 3. The summed E-state index contributed by atoms with van der Waals surface area (Å²) in [7, 11) is 0. The van der Waals surface area contributed by atoms with E-state index in [1.165, 1.54) is 0 Å². The Labute approximate surface area is 102 Å². The number of nitrogens with one attached hydrogen (secondary N) is 3. The second kappa shape index (κ2) is 3.99. The molecule has 0 fully saturated rings. The fraction of sp³-hybridized carbons (Fsp3) is 0.0833. The highest BCUT2D eigenvalue weighted by Crippen LogP contribution is 2.24. The van der Waals surface area contributed by atoms with E-state index in [9.17, 15) is 9.59 Å². The van der Waals surface area contributed by atoms with E-state index in [-0.39, 0.29) is 11.8 Å². The van der Waals surface area contributed by atoms with Crippen molar-refractivity contribution in [2.75, 3.05) is 10.6 Å². The number of H-pyrrole nitrogens is 1. The SMILES string of the molecule is O=C1Cc2ccc(C(=O)Nc3ncc[nH]3)cc2N1. The summed E-state index contributed by atoms with van der Waals surface area (Å²) in [4.78, 5) is 29.8. The van der Waals surface area contributed by atoms with E-state index < -0.39 is 0 Å². The first-order valence-electron chi connectivity index (χ1n) is 5.46. The molecule has 6 nitrogen and oxygen atoms in total. The van der Waals surface area contributed by atoms with Crippen LogP contribution in [-0.4, -0.2) is 21.8 Å². The standard InChI is InChI=1S/C12H10N4O2/c17-10-6-7-1-2-8(5-9(7)15-10)11(18)16-12-13-3-4-14-12/h1-5H,6H2,(H,15,17)(H2,13,14,16,18). The molecule has 0 unspecified atom stereocenters. The van der Waals surface area contributed by atoms with Crippen molar-refractivity contribution in [3.05, 3.63) is 41.7 Å². The third-order valence-electron chi connectivity index (χ3n) is 2.73. The van der Waals surface area contributed by atoms with Gasteiger partial charge >= 0.3 is 0 Å². The summed E-state index contributed by atoms with van der Waals surface area (Å²) in [5, 5.41) is 5.33. The largest absolute Gasteiger partial charge is 0.331 e. The molecule has 1 aliphatic rings. The van der Waals surface area contributed by atoms with E-state index in [0.29, 0.717) is 23.6 Å². The van der Waals surface area contributed by atoms with Crippen LogP contribution in [0.25, 0.3) is 0 Å². The summed E-state index contributed by atoms with van der Waals surface area (Å²) in [6.45, 7) is 0. The number of aromatic nitrogens is 2. The van der Waals surface area contributed by atoms with Crippen LogP contribution in [0.15, 0.2) is 30.6 Å². The molecular weight excluding hydrogens is 232 g/mol. The van der Waals surface area contributed by atoms with E-state index >= 15 is 0 Å². The number of nitrogens with zero attached hydrogens (tertiary/aromatic N) is 1. The van der Waals surface area contributed by atoms with Crippen LogP contribution in [0.3, 0.4) is 0 Å². The highest BCUT2D eigenvalue weighted by molar-refractivity contribution is 6.06. The molecule has 2 heterocycles. The van der Waals surface area contributed by atoms with E-state index in [2.05, 4.69) is 20.6 Å². The predicted octanol–water partition coefficient (Wildman–Crippen LogP) is 1.16. The van der Waals surface area contributed by atoms with Crippen molar-refractivity contribution in [1.29, 1.82) is 0 Å². The van der Waals surface area contributed by atoms with Gasteiger partial charge in [-0.25, -0.2) is 4.98 Å². The van der Waals surface area contributed by atoms with E-state index in [0.717, 1.165) is 5.56 Å². The van der Waals surface area contributed by atoms with Crippen LogP contribution in [-0.2, 0) is 11.2 Å². The van der Waals surface area contributed by atoms with Crippen LogP contribution in [0.5, 0.6) is 0 Å². The minimum absolute atomic E-state index is 0.0476. The maximum Gasteiger partial charge on any atom is 0.258 e. The maximum atomic E-state index is 11.9. The fourth-order valence-corrected chi connectivity index (χ4v) is 1.87. The van der Waals surface area contributed by atoms with E-state index in [4.69, 9.17) is 0 Å². The molecule has 1 aromatic heterocycles. The Morgan fingerprint density at radius 2 is 2.28 bits per heavy atom. The van der Waals surface area contributed by atoms with Gasteiger partial charge in [0.1, 0.15) is 0 Å². The minimum Gasteiger partial charge on any atom is -0.331 e. The van der Waals surface area contributed by atoms with Crippen molar-refractivity contribution in [2.45, 2.75) is 6.42 Å². The first-order valence-corrected chi connectivity index (χ1v) is 5.46. The zero-order valence-electron chi connectivity index (χ0n) is 9.36. The van der Waals surface area contributed by atoms with Gasteiger partial charge in [-0.15, -0.1) is 0 Å². The molecular formula is C12H10N4O2. The first-order chi connectivity index (χ1) is 8.72. The summed E-state index contributed by atoms with van der Waals surface area (Å²) in [6, 6.07) is 5.14. The van der Waals surface area contributed by atoms with Crippen molar-refractivity contribution < 1.29 is 9.59 Å². The molecule has 18 heavy (non-hydrogen) atoms. The lowest BCUT2D eigenvalue weighted by Crippen LogP contribution is -2.13. The molecule has 0 atom stereocenters. The van der Waals surface area contributed by atoms with Gasteiger partial charge in [-0.05, 0) is 17.7 Å². The third-order valence-corrected chi connectivity index (χ3v) is 2.73. The Morgan fingerprint density at radius 3 is 3.06 bits per heavy atom. The van der Waals surface area contributed by atoms with Crippen molar-refractivity contribution in [3.8, 4) is 0 Å². The zero-order chi connectivity index (χ0) is 12.5. The zero-order valence-corrected chi connectivity index (χ0v) is 9.36. The Balaban J connectivity index is 1.83. The molecule has 3 rings (SSSR count). The average molecular weight is 242 g/mol. The monoisotopic (exact) mass is 242 g/mol. The van der Waals surface area contributed by atoms with Crippen LogP contribution >= 0.6 is 0 Å². The molecule has 0 saturated carbocycles. The number of hydrogen-bond acceptors (Lipinski definition) is 3. The Kier molecular flexibility index (Phi) is 2.33. The predicted molar refractivity (Wildman–Crippen MR) is 65.3 cm³/mol. The lowest BCUT2D eigenvalue weighted by Gasteiger charge is -2.04. The van der Waals surface area contributed by atoms with Gasteiger partial charge in [0.2, 0.25) is 11.9 Å². The van der Waals surface area contributed by atoms with Gasteiger partial charge in [-0.1, -0.05) is 6.07 Å². The van der Waals surface area contributed by atoms with Gasteiger partial charge < -0.3 is 10.3 Å². The number of fused-ring (bicyclic) bond motifs is 1. The summed E-state index contributed by atoms with van der Waals surface area (Å²) in [5.74, 6) is 0.0759. The number of imidazole rings is 1. The number of rotatable bonds is 2. The lowest BCUT2D eigenvalue weighted by molar-refractivity contribution is -0.115. The fourth-order valence-electron chi connectivity index (χ4n) is 1.87. The lowest BCUT2D eigenvalue weighted by atomic mass is 10.1. The quantitative estimate of drug-likeness (QED) is 0.738. The molecule has 90 valence electrons. The Hall–Kier alpha value is -2.63. The maximum absolute atomic E-state index is 11.9. The molecule has 1 aliphatic heterocycles. The second-order valence-corrected chi connectivity index (χ2v) is 3.99. The van der Waals surface area contributed by atoms with Crippen LogP contribution in [0, 0.1) is 0 Å². The van der Waals surface area contributed by atoms with Gasteiger partial charge in [0, 0.05) is 23.6 Å². The van der Waals surface area contributed by atoms with Gasteiger partial charge in [-0.3, -0.25) is 14.9 Å². The van der Waals surface area contributed by atoms with E-state index in [1.807, 2.05) is 0 Å². The Morgan fingerprint density at radius 1 is 1.39 bits per heavy atom. The highest BCUT2D eigenvalue weighted by Gasteiger charge is 2.19. The van der Waals surface area contributed by atoms with Gasteiger partial charge in [0.15, 0.2) is 0 Å². The van der Waals surface area contributed by atoms with Crippen molar-refractivity contribution in [2.24, 2.45) is 0 Å². The summed E-state index contributed by atoms with van der Waals surface area (Å²) in [6.07, 6.45) is 3.55. The Bertz CT molecular complexity index is 619. The normalized spacial score (nSPS) is 13.0. The van der Waals surface area contributed by atoms with Crippen LogP contribution < -0.4 is 10.6 Å². The molecule has 3 N–H and O–H groups in total. The number of carbonyl (C=O) groups is 2. The highest BCUT2D eigenvalue weighted by atomic mass is 16.2. The van der Waals surface area contributed by atoms with Crippen LogP contribution in [0.4, 0.5) is 11.6 Å². The van der Waals surface area contributed by atoms with Gasteiger partial charge in [0.05, 0.1) is 6.42 Å². The molecule has 0 radical (unpaired) electrons. The van der Waals surface area contributed by atoms with Gasteiger partial charge in [-0.2, -0.15) is 0 Å². The molecule has 0 spiro atoms. The van der Waals surface area contributed by atoms with Crippen LogP contribution in [0.1, 0.15) is 15.9 Å². The van der Waals surface area contributed by atoms with Crippen molar-refractivity contribution >= 4 is 23.5 Å². The molecule has 6 heteroatoms. The molecule has 0 bridgehead atoms. The number of benzene rings is 1. The van der Waals surface area contributed by atoms with Crippen molar-refractivity contribution in [3.63, 3.8) is 0 Å². The number of carbonyl (C=O) groups excluding carboxylic acids is 2. The second-order valence-electron chi connectivity index (χ2n) is 3.99. The number of amides is 2. The summed E-state index contributed by atoms with van der Waals surface area (Å²) in [5.41, 5.74) is 2.09. The summed E-state index contributed by atoms with van der Waals surface area (Å²) < 4.78 is 0. The van der Waals surface area contributed by atoms with Gasteiger partial charge in [0.25, 0.3) is 5.91 Å². The molecule has 0 aliphatic carbocycles. The minimum atomic E-state index is -0.270. The molecule has 2 amide bonds. The topological polar surface area (TPSA) is 86.9 Å². The smallest absolute Gasteiger partial charge is 0.258 e. The third kappa shape index (κ3) is 1.84. The van der Waals surface area contributed by atoms with E-state index in [1.54, 1.807) is 30.6 Å².